The summed E-state index contributed by atoms with van der Waals surface area (Å²) in [5.41, 5.74) is 1.76. The molecule has 3 aromatic rings. The molecule has 0 radical (unpaired) electrons. The SMILES string of the molecule is C[C@H](Cn1ccnc1)Oc1cccc2cc(C=O)n(CC3CC3)c12. The van der Waals surface area contributed by atoms with Gasteiger partial charge in [0, 0.05) is 24.3 Å². The van der Waals surface area contributed by atoms with Crippen molar-refractivity contribution in [3.05, 3.63) is 48.7 Å². The number of para-hydroxylation sites is 1. The van der Waals surface area contributed by atoms with Gasteiger partial charge >= 0.3 is 0 Å². The van der Waals surface area contributed by atoms with E-state index in [9.17, 15) is 4.79 Å². The fourth-order valence-electron chi connectivity index (χ4n) is 3.20. The van der Waals surface area contributed by atoms with Crippen LogP contribution in [0.3, 0.4) is 0 Å². The lowest BCUT2D eigenvalue weighted by Crippen LogP contribution is -2.19. The minimum atomic E-state index is 0.00811. The maximum absolute atomic E-state index is 11.5. The highest BCUT2D eigenvalue weighted by atomic mass is 16.5. The molecule has 24 heavy (non-hydrogen) atoms. The first-order chi connectivity index (χ1) is 11.7. The van der Waals surface area contributed by atoms with Crippen molar-refractivity contribution in [1.29, 1.82) is 0 Å². The molecule has 1 aliphatic carbocycles. The average molecular weight is 323 g/mol. The first-order valence-corrected chi connectivity index (χ1v) is 8.44. The number of hydrogen-bond acceptors (Lipinski definition) is 3. The molecule has 1 atom stereocenters. The van der Waals surface area contributed by atoms with Gasteiger partial charge in [0.25, 0.3) is 0 Å². The van der Waals surface area contributed by atoms with E-state index in [0.29, 0.717) is 5.92 Å². The van der Waals surface area contributed by atoms with E-state index in [1.54, 1.807) is 12.5 Å². The minimum Gasteiger partial charge on any atom is -0.487 e. The van der Waals surface area contributed by atoms with Gasteiger partial charge in [0.15, 0.2) is 6.29 Å². The molecule has 0 aliphatic heterocycles. The van der Waals surface area contributed by atoms with Crippen LogP contribution in [0.15, 0.2) is 43.0 Å². The third-order valence-electron chi connectivity index (χ3n) is 4.53. The monoisotopic (exact) mass is 323 g/mol. The molecule has 0 N–H and O–H groups in total. The molecule has 1 saturated carbocycles. The number of benzene rings is 1. The van der Waals surface area contributed by atoms with Crippen molar-refractivity contribution in [2.75, 3.05) is 0 Å². The second-order valence-corrected chi connectivity index (χ2v) is 6.62. The Hall–Kier alpha value is -2.56. The molecule has 2 aromatic heterocycles. The summed E-state index contributed by atoms with van der Waals surface area (Å²) < 4.78 is 10.3. The van der Waals surface area contributed by atoms with Crippen molar-refractivity contribution < 1.29 is 9.53 Å². The van der Waals surface area contributed by atoms with Gasteiger partial charge in [-0.05, 0) is 37.8 Å². The number of rotatable bonds is 7. The zero-order valence-electron chi connectivity index (χ0n) is 13.8. The van der Waals surface area contributed by atoms with E-state index in [1.807, 2.05) is 42.0 Å². The molecule has 2 heterocycles. The lowest BCUT2D eigenvalue weighted by atomic mass is 10.2. The summed E-state index contributed by atoms with van der Waals surface area (Å²) in [5.74, 6) is 1.53. The topological polar surface area (TPSA) is 49.1 Å². The van der Waals surface area contributed by atoms with Crippen molar-refractivity contribution in [3.63, 3.8) is 0 Å². The maximum Gasteiger partial charge on any atom is 0.166 e. The zero-order valence-corrected chi connectivity index (χ0v) is 13.8. The van der Waals surface area contributed by atoms with Crippen LogP contribution < -0.4 is 4.74 Å². The number of carbonyl (C=O) groups excluding carboxylic acids is 1. The van der Waals surface area contributed by atoms with Crippen LogP contribution in [0, 0.1) is 5.92 Å². The number of ether oxygens (including phenoxy) is 1. The number of imidazole rings is 1. The summed E-state index contributed by atoms with van der Waals surface area (Å²) in [6, 6.07) is 7.97. The number of aromatic nitrogens is 3. The fraction of sp³-hybridized carbons (Fsp3) is 0.368. The molecular weight excluding hydrogens is 302 g/mol. The predicted octanol–water partition coefficient (Wildman–Crippen LogP) is 3.53. The summed E-state index contributed by atoms with van der Waals surface area (Å²) >= 11 is 0. The van der Waals surface area contributed by atoms with Gasteiger partial charge in [-0.25, -0.2) is 4.98 Å². The normalized spacial score (nSPS) is 15.5. The van der Waals surface area contributed by atoms with Crippen LogP contribution in [0.5, 0.6) is 5.75 Å². The highest BCUT2D eigenvalue weighted by Gasteiger charge is 2.24. The van der Waals surface area contributed by atoms with Crippen LogP contribution in [0.1, 0.15) is 30.3 Å². The number of fused-ring (bicyclic) bond motifs is 1. The van der Waals surface area contributed by atoms with Gasteiger partial charge in [-0.1, -0.05) is 12.1 Å². The van der Waals surface area contributed by atoms with Crippen LogP contribution in [0.4, 0.5) is 0 Å². The molecule has 0 amide bonds. The second-order valence-electron chi connectivity index (χ2n) is 6.62. The number of aldehydes is 1. The first kappa shape index (κ1) is 15.0. The van der Waals surface area contributed by atoms with E-state index in [4.69, 9.17) is 4.74 Å². The Balaban J connectivity index is 1.66. The van der Waals surface area contributed by atoms with Gasteiger partial charge in [-0.3, -0.25) is 4.79 Å². The quantitative estimate of drug-likeness (QED) is 0.625. The molecule has 124 valence electrons. The van der Waals surface area contributed by atoms with E-state index < -0.39 is 0 Å². The molecule has 5 heteroatoms. The standard InChI is InChI=1S/C19H21N3O2/c1-14(10-21-8-7-20-13-21)24-18-4-2-3-16-9-17(12-23)22(19(16)18)11-15-5-6-15/h2-4,7-9,12-15H,5-6,10-11H2,1H3/t14-/m1/s1. The van der Waals surface area contributed by atoms with Crippen molar-refractivity contribution >= 4 is 17.2 Å². The summed E-state index contributed by atoms with van der Waals surface area (Å²) in [7, 11) is 0. The number of nitrogens with zero attached hydrogens (tertiary/aromatic N) is 3. The van der Waals surface area contributed by atoms with E-state index in [-0.39, 0.29) is 6.10 Å². The Labute approximate surface area is 140 Å². The lowest BCUT2D eigenvalue weighted by molar-refractivity contribution is 0.111. The smallest absolute Gasteiger partial charge is 0.166 e. The average Bonchev–Trinajstić information content (AvgIpc) is 3.10. The fourth-order valence-corrected chi connectivity index (χ4v) is 3.20. The molecule has 4 rings (SSSR count). The van der Waals surface area contributed by atoms with Gasteiger partial charge in [-0.2, -0.15) is 0 Å². The van der Waals surface area contributed by atoms with Crippen molar-refractivity contribution in [2.24, 2.45) is 5.92 Å². The molecule has 1 aromatic carbocycles. The molecule has 0 bridgehead atoms. The van der Waals surface area contributed by atoms with Crippen LogP contribution in [-0.2, 0) is 13.1 Å². The van der Waals surface area contributed by atoms with Crippen LogP contribution in [-0.4, -0.2) is 26.5 Å². The van der Waals surface area contributed by atoms with Gasteiger partial charge in [0.2, 0.25) is 0 Å². The van der Waals surface area contributed by atoms with E-state index in [1.165, 1.54) is 12.8 Å². The van der Waals surface area contributed by atoms with Gasteiger partial charge < -0.3 is 13.9 Å². The number of carbonyl (C=O) groups is 1. The number of hydrogen-bond donors (Lipinski definition) is 0. The molecule has 1 aliphatic rings. The molecule has 0 spiro atoms. The van der Waals surface area contributed by atoms with E-state index >= 15 is 0 Å². The highest BCUT2D eigenvalue weighted by Crippen LogP contribution is 2.35. The Morgan fingerprint density at radius 3 is 3.00 bits per heavy atom. The Bertz CT molecular complexity index is 847. The summed E-state index contributed by atoms with van der Waals surface area (Å²) in [6.45, 7) is 3.68. The summed E-state index contributed by atoms with van der Waals surface area (Å²) in [6.07, 6.45) is 8.94. The van der Waals surface area contributed by atoms with Crippen LogP contribution in [0.2, 0.25) is 0 Å². The van der Waals surface area contributed by atoms with Crippen molar-refractivity contribution in [2.45, 2.75) is 39.0 Å². The maximum atomic E-state index is 11.5. The van der Waals surface area contributed by atoms with E-state index in [2.05, 4.69) is 9.55 Å². The predicted molar refractivity (Wildman–Crippen MR) is 92.4 cm³/mol. The van der Waals surface area contributed by atoms with Gasteiger partial charge in [0.05, 0.1) is 24.1 Å². The first-order valence-electron chi connectivity index (χ1n) is 8.44. The van der Waals surface area contributed by atoms with Gasteiger partial charge in [0.1, 0.15) is 11.9 Å². The Kier molecular flexibility index (Phi) is 3.84. The molecule has 1 fully saturated rings. The van der Waals surface area contributed by atoms with Crippen LogP contribution >= 0.6 is 0 Å². The largest absolute Gasteiger partial charge is 0.487 e. The van der Waals surface area contributed by atoms with Crippen LogP contribution in [0.25, 0.3) is 10.9 Å². The third kappa shape index (κ3) is 2.94. The summed E-state index contributed by atoms with van der Waals surface area (Å²) in [4.78, 5) is 15.5. The van der Waals surface area contributed by atoms with Gasteiger partial charge in [-0.15, -0.1) is 0 Å². The Morgan fingerprint density at radius 2 is 2.29 bits per heavy atom. The minimum absolute atomic E-state index is 0.00811. The van der Waals surface area contributed by atoms with Crippen molar-refractivity contribution in [1.82, 2.24) is 14.1 Å². The highest BCUT2D eigenvalue weighted by molar-refractivity contribution is 5.92. The Morgan fingerprint density at radius 1 is 1.42 bits per heavy atom. The lowest BCUT2D eigenvalue weighted by Gasteiger charge is -2.17. The third-order valence-corrected chi connectivity index (χ3v) is 4.53. The zero-order chi connectivity index (χ0) is 16.5. The molecular formula is C19H21N3O2. The van der Waals surface area contributed by atoms with E-state index in [0.717, 1.165) is 41.7 Å². The molecule has 0 unspecified atom stereocenters. The second kappa shape index (κ2) is 6.15. The summed E-state index contributed by atoms with van der Waals surface area (Å²) in [5, 5.41) is 1.06. The molecule has 5 nitrogen and oxygen atoms in total. The molecule has 0 saturated heterocycles. The van der Waals surface area contributed by atoms with Crippen molar-refractivity contribution in [3.8, 4) is 5.75 Å².